The topological polar surface area (TPSA) is 58.2 Å². The van der Waals surface area contributed by atoms with Crippen LogP contribution in [0.3, 0.4) is 0 Å². The summed E-state index contributed by atoms with van der Waals surface area (Å²) in [6.07, 6.45) is 0. The SMILES string of the molecule is CCNCc1ccc(Br)c(S(=O)(=O)NCC(C)(C)C)c1. The lowest BCUT2D eigenvalue weighted by Crippen LogP contribution is -2.32. The third kappa shape index (κ3) is 5.52. The van der Waals surface area contributed by atoms with Crippen LogP contribution in [0.15, 0.2) is 27.6 Å². The number of hydrogen-bond donors (Lipinski definition) is 2. The van der Waals surface area contributed by atoms with E-state index in [-0.39, 0.29) is 10.3 Å². The molecule has 0 aliphatic carbocycles. The molecule has 0 fully saturated rings. The first-order valence-electron chi connectivity index (χ1n) is 6.64. The van der Waals surface area contributed by atoms with E-state index in [4.69, 9.17) is 0 Å². The molecule has 0 atom stereocenters. The van der Waals surface area contributed by atoms with E-state index in [1.165, 1.54) is 0 Å². The van der Waals surface area contributed by atoms with Gasteiger partial charge in [-0.2, -0.15) is 0 Å². The molecule has 0 amide bonds. The van der Waals surface area contributed by atoms with Gasteiger partial charge >= 0.3 is 0 Å². The molecule has 0 radical (unpaired) electrons. The number of benzene rings is 1. The lowest BCUT2D eigenvalue weighted by molar-refractivity contribution is 0.407. The largest absolute Gasteiger partial charge is 0.313 e. The summed E-state index contributed by atoms with van der Waals surface area (Å²) in [6.45, 7) is 9.90. The van der Waals surface area contributed by atoms with Crippen LogP contribution in [0, 0.1) is 5.41 Å². The maximum Gasteiger partial charge on any atom is 0.241 e. The van der Waals surface area contributed by atoms with E-state index >= 15 is 0 Å². The van der Waals surface area contributed by atoms with Gasteiger partial charge in [0.25, 0.3) is 0 Å². The zero-order valence-corrected chi connectivity index (χ0v) is 14.9. The lowest BCUT2D eigenvalue weighted by atomic mass is 9.98. The quantitative estimate of drug-likeness (QED) is 0.817. The molecule has 4 nitrogen and oxygen atoms in total. The van der Waals surface area contributed by atoms with E-state index in [1.807, 2.05) is 33.8 Å². The molecule has 20 heavy (non-hydrogen) atoms. The van der Waals surface area contributed by atoms with Gasteiger partial charge in [0.1, 0.15) is 0 Å². The van der Waals surface area contributed by atoms with Gasteiger partial charge in [-0.05, 0) is 45.6 Å². The van der Waals surface area contributed by atoms with E-state index in [2.05, 4.69) is 26.0 Å². The van der Waals surface area contributed by atoms with E-state index in [0.29, 0.717) is 17.6 Å². The zero-order chi connectivity index (χ0) is 15.4. The van der Waals surface area contributed by atoms with Gasteiger partial charge in [0.2, 0.25) is 10.0 Å². The van der Waals surface area contributed by atoms with Gasteiger partial charge in [-0.3, -0.25) is 0 Å². The summed E-state index contributed by atoms with van der Waals surface area (Å²) in [7, 11) is -3.50. The van der Waals surface area contributed by atoms with Crippen LogP contribution in [0.1, 0.15) is 33.3 Å². The standard InChI is InChI=1S/C14H23BrN2O2S/c1-5-16-9-11-6-7-12(15)13(8-11)20(18,19)17-10-14(2,3)4/h6-8,16-17H,5,9-10H2,1-4H3. The van der Waals surface area contributed by atoms with Crippen LogP contribution >= 0.6 is 15.9 Å². The van der Waals surface area contributed by atoms with Crippen LogP contribution in [0.4, 0.5) is 0 Å². The van der Waals surface area contributed by atoms with Crippen molar-refractivity contribution < 1.29 is 8.42 Å². The molecule has 0 bridgehead atoms. The molecule has 0 aliphatic heterocycles. The third-order valence-corrected chi connectivity index (χ3v) is 5.05. The molecule has 0 unspecified atom stereocenters. The van der Waals surface area contributed by atoms with Crippen molar-refractivity contribution in [2.75, 3.05) is 13.1 Å². The Kier molecular flexibility index (Phi) is 6.19. The van der Waals surface area contributed by atoms with Crippen molar-refractivity contribution in [3.05, 3.63) is 28.2 Å². The Morgan fingerprint density at radius 2 is 1.90 bits per heavy atom. The van der Waals surface area contributed by atoms with E-state index < -0.39 is 10.0 Å². The van der Waals surface area contributed by atoms with E-state index in [9.17, 15) is 8.42 Å². The monoisotopic (exact) mass is 362 g/mol. The van der Waals surface area contributed by atoms with Crippen LogP contribution < -0.4 is 10.0 Å². The second-order valence-corrected chi connectivity index (χ2v) is 8.52. The Labute approximate surface area is 130 Å². The third-order valence-electron chi connectivity index (χ3n) is 2.66. The summed E-state index contributed by atoms with van der Waals surface area (Å²) in [5.41, 5.74) is 0.854. The highest BCUT2D eigenvalue weighted by Gasteiger charge is 2.21. The van der Waals surface area contributed by atoms with Crippen molar-refractivity contribution in [1.29, 1.82) is 0 Å². The molecular weight excluding hydrogens is 340 g/mol. The molecule has 2 N–H and O–H groups in total. The number of halogens is 1. The Balaban J connectivity index is 2.98. The Morgan fingerprint density at radius 1 is 1.25 bits per heavy atom. The number of sulfonamides is 1. The summed E-state index contributed by atoms with van der Waals surface area (Å²) in [4.78, 5) is 0.289. The van der Waals surface area contributed by atoms with E-state index in [0.717, 1.165) is 12.1 Å². The molecule has 0 saturated heterocycles. The Bertz CT molecular complexity index is 551. The fourth-order valence-electron chi connectivity index (χ4n) is 1.52. The van der Waals surface area contributed by atoms with Crippen LogP contribution in [-0.4, -0.2) is 21.5 Å². The predicted octanol–water partition coefficient (Wildman–Crippen LogP) is 2.88. The maximum absolute atomic E-state index is 12.4. The van der Waals surface area contributed by atoms with Crippen molar-refractivity contribution in [1.82, 2.24) is 10.0 Å². The minimum absolute atomic E-state index is 0.0963. The molecule has 0 aliphatic rings. The van der Waals surface area contributed by atoms with Gasteiger partial charge in [0.05, 0.1) is 4.90 Å². The first kappa shape index (κ1) is 17.6. The summed E-state index contributed by atoms with van der Waals surface area (Å²) in [5.74, 6) is 0. The van der Waals surface area contributed by atoms with Gasteiger partial charge < -0.3 is 5.32 Å². The second kappa shape index (κ2) is 7.02. The van der Waals surface area contributed by atoms with Crippen molar-refractivity contribution in [3.63, 3.8) is 0 Å². The van der Waals surface area contributed by atoms with Gasteiger partial charge in [0.15, 0.2) is 0 Å². The maximum atomic E-state index is 12.4. The molecule has 0 aromatic heterocycles. The minimum atomic E-state index is -3.50. The first-order valence-corrected chi connectivity index (χ1v) is 8.92. The molecule has 0 spiro atoms. The molecule has 0 saturated carbocycles. The van der Waals surface area contributed by atoms with E-state index in [1.54, 1.807) is 12.1 Å². The molecule has 1 aromatic carbocycles. The fourth-order valence-corrected chi connectivity index (χ4v) is 3.82. The number of rotatable bonds is 6. The first-order chi connectivity index (χ1) is 9.15. The Hall–Kier alpha value is -0.430. The zero-order valence-electron chi connectivity index (χ0n) is 12.5. The van der Waals surface area contributed by atoms with Crippen LogP contribution in [-0.2, 0) is 16.6 Å². The highest BCUT2D eigenvalue weighted by atomic mass is 79.9. The van der Waals surface area contributed by atoms with Crippen LogP contribution in [0.25, 0.3) is 0 Å². The van der Waals surface area contributed by atoms with Crippen molar-refractivity contribution in [2.45, 2.75) is 39.1 Å². The van der Waals surface area contributed by atoms with Crippen LogP contribution in [0.2, 0.25) is 0 Å². The van der Waals surface area contributed by atoms with Crippen molar-refractivity contribution in [3.8, 4) is 0 Å². The molecule has 6 heteroatoms. The number of hydrogen-bond acceptors (Lipinski definition) is 3. The second-order valence-electron chi connectivity index (χ2n) is 5.93. The predicted molar refractivity (Wildman–Crippen MR) is 86.2 cm³/mol. The molecule has 0 heterocycles. The highest BCUT2D eigenvalue weighted by Crippen LogP contribution is 2.24. The average molecular weight is 363 g/mol. The average Bonchev–Trinajstić information content (AvgIpc) is 2.34. The van der Waals surface area contributed by atoms with Gasteiger partial charge in [0, 0.05) is 17.6 Å². The van der Waals surface area contributed by atoms with Gasteiger partial charge in [-0.1, -0.05) is 33.8 Å². The smallest absolute Gasteiger partial charge is 0.241 e. The summed E-state index contributed by atoms with van der Waals surface area (Å²) in [6, 6.07) is 5.39. The van der Waals surface area contributed by atoms with Gasteiger partial charge in [-0.15, -0.1) is 0 Å². The fraction of sp³-hybridized carbons (Fsp3) is 0.571. The normalized spacial score (nSPS) is 12.7. The lowest BCUT2D eigenvalue weighted by Gasteiger charge is -2.19. The van der Waals surface area contributed by atoms with Crippen LogP contribution in [0.5, 0.6) is 0 Å². The van der Waals surface area contributed by atoms with Crippen molar-refractivity contribution >= 4 is 26.0 Å². The summed E-state index contributed by atoms with van der Waals surface area (Å²) in [5, 5.41) is 3.19. The number of nitrogens with one attached hydrogen (secondary N) is 2. The molecule has 1 rings (SSSR count). The minimum Gasteiger partial charge on any atom is -0.313 e. The van der Waals surface area contributed by atoms with Gasteiger partial charge in [-0.25, -0.2) is 13.1 Å². The summed E-state index contributed by atoms with van der Waals surface area (Å²) < 4.78 is 28.0. The summed E-state index contributed by atoms with van der Waals surface area (Å²) >= 11 is 3.32. The molecule has 114 valence electrons. The Morgan fingerprint density at radius 3 is 2.45 bits per heavy atom. The highest BCUT2D eigenvalue weighted by molar-refractivity contribution is 9.10. The molecular formula is C14H23BrN2O2S. The molecule has 1 aromatic rings. The van der Waals surface area contributed by atoms with Crippen molar-refractivity contribution in [2.24, 2.45) is 5.41 Å².